The largest absolute Gasteiger partial charge is 0.349 e. The summed E-state index contributed by atoms with van der Waals surface area (Å²) in [5.74, 6) is 0. The van der Waals surface area contributed by atoms with E-state index in [0.717, 1.165) is 0 Å². The molecule has 70 valence electrons. The van der Waals surface area contributed by atoms with Crippen molar-refractivity contribution < 1.29 is 10.0 Å². The number of benzene rings is 1. The minimum absolute atomic E-state index is 0.0571. The minimum atomic E-state index is -1.02. The van der Waals surface area contributed by atoms with Crippen molar-refractivity contribution in [2.24, 2.45) is 5.73 Å². The molecule has 0 saturated carbocycles. The van der Waals surface area contributed by atoms with Gasteiger partial charge in [-0.3, -0.25) is 5.21 Å². The lowest BCUT2D eigenvalue weighted by molar-refractivity contribution is 0.212. The van der Waals surface area contributed by atoms with Gasteiger partial charge in [0.25, 0.3) is 0 Å². The molecule has 0 aliphatic carbocycles. The summed E-state index contributed by atoms with van der Waals surface area (Å²) in [6, 6.07) is 3.46. The fourth-order valence-corrected chi connectivity index (χ4v) is 1.15. The zero-order valence-electron chi connectivity index (χ0n) is 6.37. The van der Waals surface area contributed by atoms with Gasteiger partial charge in [-0.1, -0.05) is 29.3 Å². The van der Waals surface area contributed by atoms with Crippen LogP contribution in [0, 0.1) is 0 Å². The van der Waals surface area contributed by atoms with Gasteiger partial charge >= 0.3 is 6.03 Å². The molecule has 4 nitrogen and oxygen atoms in total. The molecule has 0 aromatic heterocycles. The highest BCUT2D eigenvalue weighted by Crippen LogP contribution is 2.31. The molecule has 1 rings (SSSR count). The van der Waals surface area contributed by atoms with Gasteiger partial charge in [0.2, 0.25) is 0 Å². The van der Waals surface area contributed by atoms with Crippen molar-refractivity contribution in [2.45, 2.75) is 0 Å². The van der Waals surface area contributed by atoms with Crippen molar-refractivity contribution in [1.82, 2.24) is 0 Å². The molecule has 0 spiro atoms. The van der Waals surface area contributed by atoms with Crippen LogP contribution in [0.1, 0.15) is 0 Å². The van der Waals surface area contributed by atoms with Crippen molar-refractivity contribution in [3.63, 3.8) is 0 Å². The summed E-state index contributed by atoms with van der Waals surface area (Å²) in [7, 11) is 0. The number of urea groups is 1. The number of nitrogens with two attached hydrogens (primary N) is 1. The third-order valence-corrected chi connectivity index (χ3v) is 2.18. The zero-order chi connectivity index (χ0) is 10.0. The standard InChI is InChI=1S/C7H6Cl2N2O2/c8-4-2-1-3-5(6(4)9)11(13)7(10)12/h1-3,13H,(H2,10,12). The number of hydrogen-bond acceptors (Lipinski definition) is 2. The molecule has 13 heavy (non-hydrogen) atoms. The monoisotopic (exact) mass is 220 g/mol. The average molecular weight is 221 g/mol. The third-order valence-electron chi connectivity index (χ3n) is 1.37. The van der Waals surface area contributed by atoms with E-state index in [1.807, 2.05) is 0 Å². The highest BCUT2D eigenvalue weighted by atomic mass is 35.5. The van der Waals surface area contributed by atoms with E-state index in [0.29, 0.717) is 0 Å². The van der Waals surface area contributed by atoms with Gasteiger partial charge in [-0.15, -0.1) is 0 Å². The molecular formula is C7H6Cl2N2O2. The summed E-state index contributed by atoms with van der Waals surface area (Å²) < 4.78 is 0. The maximum atomic E-state index is 10.6. The van der Waals surface area contributed by atoms with Crippen LogP contribution in [0.5, 0.6) is 0 Å². The number of amides is 2. The third kappa shape index (κ3) is 2.03. The molecule has 1 aromatic rings. The second-order valence-electron chi connectivity index (χ2n) is 2.22. The zero-order valence-corrected chi connectivity index (χ0v) is 7.88. The van der Waals surface area contributed by atoms with Gasteiger partial charge in [0.1, 0.15) is 0 Å². The predicted octanol–water partition coefficient (Wildman–Crippen LogP) is 2.27. The van der Waals surface area contributed by atoms with E-state index in [9.17, 15) is 4.79 Å². The Hall–Kier alpha value is -0.970. The number of nitrogens with zero attached hydrogens (tertiary/aromatic N) is 1. The first kappa shape index (κ1) is 10.1. The number of carbonyl (C=O) groups is 1. The summed E-state index contributed by atoms with van der Waals surface area (Å²) >= 11 is 11.3. The first-order valence-corrected chi connectivity index (χ1v) is 4.02. The predicted molar refractivity (Wildman–Crippen MR) is 50.3 cm³/mol. The number of halogens is 2. The number of hydroxylamine groups is 1. The van der Waals surface area contributed by atoms with Crippen molar-refractivity contribution in [1.29, 1.82) is 0 Å². The summed E-state index contributed by atoms with van der Waals surface area (Å²) in [5, 5.41) is 9.66. The van der Waals surface area contributed by atoms with E-state index >= 15 is 0 Å². The highest BCUT2D eigenvalue weighted by molar-refractivity contribution is 6.43. The molecule has 3 N–H and O–H groups in total. The Morgan fingerprint density at radius 1 is 1.46 bits per heavy atom. The molecule has 1 aromatic carbocycles. The van der Waals surface area contributed by atoms with Crippen LogP contribution in [0.2, 0.25) is 10.0 Å². The van der Waals surface area contributed by atoms with Gasteiger partial charge in [0.05, 0.1) is 15.7 Å². The fraction of sp³-hybridized carbons (Fsp3) is 0. The lowest BCUT2D eigenvalue weighted by Gasteiger charge is -2.13. The van der Waals surface area contributed by atoms with Crippen LogP contribution in [-0.2, 0) is 0 Å². The Balaban J connectivity index is 3.15. The van der Waals surface area contributed by atoms with Crippen LogP contribution in [0.4, 0.5) is 10.5 Å². The van der Waals surface area contributed by atoms with Crippen LogP contribution in [0.25, 0.3) is 0 Å². The SMILES string of the molecule is NC(=O)N(O)c1cccc(Cl)c1Cl. The van der Waals surface area contributed by atoms with Crippen molar-refractivity contribution in [3.8, 4) is 0 Å². The Labute approximate surface area is 84.4 Å². The van der Waals surface area contributed by atoms with E-state index in [2.05, 4.69) is 0 Å². The summed E-state index contributed by atoms with van der Waals surface area (Å²) in [4.78, 5) is 10.6. The smallest absolute Gasteiger partial charge is 0.343 e. The van der Waals surface area contributed by atoms with Gasteiger partial charge < -0.3 is 5.73 Å². The molecule has 0 unspecified atom stereocenters. The van der Waals surface area contributed by atoms with Crippen LogP contribution in [-0.4, -0.2) is 11.2 Å². The molecule has 0 aliphatic heterocycles. The van der Waals surface area contributed by atoms with Crippen LogP contribution in [0.3, 0.4) is 0 Å². The molecule has 0 bridgehead atoms. The van der Waals surface area contributed by atoms with Gasteiger partial charge in [-0.25, -0.2) is 4.79 Å². The Morgan fingerprint density at radius 2 is 2.08 bits per heavy atom. The number of hydrogen-bond donors (Lipinski definition) is 2. The highest BCUT2D eigenvalue weighted by Gasteiger charge is 2.14. The number of rotatable bonds is 1. The maximum absolute atomic E-state index is 10.6. The normalized spacial score (nSPS) is 9.77. The van der Waals surface area contributed by atoms with Crippen LogP contribution >= 0.6 is 23.2 Å². The number of anilines is 1. The number of primary amides is 1. The van der Waals surface area contributed by atoms with E-state index < -0.39 is 6.03 Å². The van der Waals surface area contributed by atoms with Gasteiger partial charge in [0, 0.05) is 0 Å². The molecule has 0 fully saturated rings. The topological polar surface area (TPSA) is 66.6 Å². The van der Waals surface area contributed by atoms with Crippen molar-refractivity contribution in [3.05, 3.63) is 28.2 Å². The summed E-state index contributed by atoms with van der Waals surface area (Å²) in [5.41, 5.74) is 4.88. The van der Waals surface area contributed by atoms with E-state index in [1.54, 1.807) is 0 Å². The minimum Gasteiger partial charge on any atom is -0.349 e. The maximum Gasteiger partial charge on any atom is 0.343 e. The van der Waals surface area contributed by atoms with Crippen molar-refractivity contribution in [2.75, 3.05) is 5.06 Å². The summed E-state index contributed by atoms with van der Waals surface area (Å²) in [6.07, 6.45) is 0. The Morgan fingerprint density at radius 3 is 2.62 bits per heavy atom. The van der Waals surface area contributed by atoms with E-state index in [1.165, 1.54) is 18.2 Å². The molecule has 6 heteroatoms. The lowest BCUT2D eigenvalue weighted by atomic mass is 10.3. The quantitative estimate of drug-likeness (QED) is 0.564. The first-order chi connectivity index (χ1) is 6.04. The van der Waals surface area contributed by atoms with Gasteiger partial charge in [-0.2, -0.15) is 5.06 Å². The summed E-state index contributed by atoms with van der Waals surface area (Å²) in [6.45, 7) is 0. The molecular weight excluding hydrogens is 215 g/mol. The second-order valence-corrected chi connectivity index (χ2v) is 3.01. The lowest BCUT2D eigenvalue weighted by Crippen LogP contribution is -2.32. The molecule has 0 heterocycles. The van der Waals surface area contributed by atoms with E-state index in [-0.39, 0.29) is 20.8 Å². The first-order valence-electron chi connectivity index (χ1n) is 3.26. The molecule has 0 aliphatic rings. The molecule has 0 saturated heterocycles. The second kappa shape index (κ2) is 3.83. The van der Waals surface area contributed by atoms with Crippen LogP contribution in [0.15, 0.2) is 18.2 Å². The fourth-order valence-electron chi connectivity index (χ4n) is 0.775. The van der Waals surface area contributed by atoms with Crippen LogP contribution < -0.4 is 10.8 Å². The van der Waals surface area contributed by atoms with Crippen molar-refractivity contribution >= 4 is 34.9 Å². The average Bonchev–Trinajstić information content (AvgIpc) is 2.08. The van der Waals surface area contributed by atoms with Gasteiger partial charge in [-0.05, 0) is 12.1 Å². The molecule has 0 atom stereocenters. The Bertz CT molecular complexity index is 343. The van der Waals surface area contributed by atoms with E-state index in [4.69, 9.17) is 34.1 Å². The Kier molecular flexibility index (Phi) is 2.98. The van der Waals surface area contributed by atoms with Gasteiger partial charge in [0.15, 0.2) is 0 Å². The number of carbonyl (C=O) groups excluding carboxylic acids is 1. The molecule has 0 radical (unpaired) electrons. The molecule has 2 amide bonds.